The predicted molar refractivity (Wildman–Crippen MR) is 98.3 cm³/mol. The van der Waals surface area contributed by atoms with Crippen LogP contribution in [-0.2, 0) is 14.8 Å². The summed E-state index contributed by atoms with van der Waals surface area (Å²) in [5.74, 6) is -0.158. The quantitative estimate of drug-likeness (QED) is 0.755. The number of hydrogen-bond donors (Lipinski definition) is 0. The van der Waals surface area contributed by atoms with Gasteiger partial charge in [0.2, 0.25) is 15.9 Å². The predicted octanol–water partition coefficient (Wildman–Crippen LogP) is 2.13. The van der Waals surface area contributed by atoms with Crippen molar-refractivity contribution in [2.45, 2.75) is 11.3 Å². The molecular formula is C19H21FN2O4S. The lowest BCUT2D eigenvalue weighted by atomic mass is 10.3. The molecule has 8 heteroatoms. The third kappa shape index (κ3) is 4.64. The molecule has 2 aromatic rings. The lowest BCUT2D eigenvalue weighted by molar-refractivity contribution is -0.132. The molecule has 1 fully saturated rings. The van der Waals surface area contributed by atoms with Crippen LogP contribution in [0.2, 0.25) is 0 Å². The summed E-state index contributed by atoms with van der Waals surface area (Å²) < 4.78 is 45.7. The number of sulfonamides is 1. The molecule has 3 rings (SSSR count). The van der Waals surface area contributed by atoms with Crippen molar-refractivity contribution in [2.24, 2.45) is 0 Å². The first-order valence-electron chi connectivity index (χ1n) is 8.69. The van der Waals surface area contributed by atoms with Gasteiger partial charge in [-0.2, -0.15) is 4.31 Å². The molecule has 1 amide bonds. The van der Waals surface area contributed by atoms with Crippen molar-refractivity contribution >= 4 is 15.9 Å². The minimum Gasteiger partial charge on any atom is -0.493 e. The lowest BCUT2D eigenvalue weighted by Crippen LogP contribution is -2.50. The minimum absolute atomic E-state index is 0.0890. The maximum Gasteiger partial charge on any atom is 0.246 e. The molecule has 2 aromatic carbocycles. The minimum atomic E-state index is -3.90. The Bertz CT molecular complexity index is 882. The molecule has 0 aromatic heterocycles. The van der Waals surface area contributed by atoms with Crippen LogP contribution in [0, 0.1) is 5.82 Å². The third-order valence-corrected chi connectivity index (χ3v) is 6.31. The maximum atomic E-state index is 13.8. The van der Waals surface area contributed by atoms with Crippen molar-refractivity contribution < 1.29 is 22.3 Å². The largest absolute Gasteiger partial charge is 0.493 e. The van der Waals surface area contributed by atoms with E-state index in [-0.39, 0.29) is 50.0 Å². The van der Waals surface area contributed by atoms with E-state index in [4.69, 9.17) is 4.74 Å². The van der Waals surface area contributed by atoms with Gasteiger partial charge in [-0.1, -0.05) is 30.3 Å². The maximum absolute atomic E-state index is 13.8. The molecule has 0 saturated carbocycles. The standard InChI is InChI=1S/C19H21FN2O4S/c20-17-8-4-5-9-18(17)27(24,25)22-13-11-21(12-14-22)19(23)10-15-26-16-6-2-1-3-7-16/h1-9H,10-15H2. The van der Waals surface area contributed by atoms with Crippen LogP contribution in [0.5, 0.6) is 5.75 Å². The van der Waals surface area contributed by atoms with E-state index in [1.54, 1.807) is 4.90 Å². The first-order valence-corrected chi connectivity index (χ1v) is 10.1. The van der Waals surface area contributed by atoms with Gasteiger partial charge in [-0.05, 0) is 24.3 Å². The lowest BCUT2D eigenvalue weighted by Gasteiger charge is -2.34. The SMILES string of the molecule is O=C(CCOc1ccccc1)N1CCN(S(=O)(=O)c2ccccc2F)CC1. The number of carbonyl (C=O) groups is 1. The molecule has 0 bridgehead atoms. The molecule has 27 heavy (non-hydrogen) atoms. The number of carbonyl (C=O) groups excluding carboxylic acids is 1. The highest BCUT2D eigenvalue weighted by molar-refractivity contribution is 7.89. The van der Waals surface area contributed by atoms with Gasteiger partial charge in [0.05, 0.1) is 13.0 Å². The van der Waals surface area contributed by atoms with Gasteiger partial charge in [-0.15, -0.1) is 0 Å². The molecule has 0 unspecified atom stereocenters. The summed E-state index contributed by atoms with van der Waals surface area (Å²) >= 11 is 0. The first kappa shape index (κ1) is 19.3. The van der Waals surface area contributed by atoms with Crippen molar-refractivity contribution in [3.63, 3.8) is 0 Å². The van der Waals surface area contributed by atoms with Crippen LogP contribution in [0.25, 0.3) is 0 Å². The summed E-state index contributed by atoms with van der Waals surface area (Å²) in [6.07, 6.45) is 0.217. The van der Waals surface area contributed by atoms with Gasteiger partial charge in [0.1, 0.15) is 16.5 Å². The zero-order valence-corrected chi connectivity index (χ0v) is 15.6. The fraction of sp³-hybridized carbons (Fsp3) is 0.316. The number of amides is 1. The zero-order chi connectivity index (χ0) is 19.3. The second-order valence-corrected chi connectivity index (χ2v) is 8.03. The number of nitrogens with zero attached hydrogens (tertiary/aromatic N) is 2. The molecule has 144 valence electrons. The van der Waals surface area contributed by atoms with Gasteiger partial charge < -0.3 is 9.64 Å². The van der Waals surface area contributed by atoms with Gasteiger partial charge in [-0.3, -0.25) is 4.79 Å². The molecule has 1 saturated heterocycles. The van der Waals surface area contributed by atoms with Crippen LogP contribution in [0.3, 0.4) is 0 Å². The summed E-state index contributed by atoms with van der Waals surface area (Å²) in [6, 6.07) is 14.5. The highest BCUT2D eigenvalue weighted by atomic mass is 32.2. The van der Waals surface area contributed by atoms with E-state index in [0.29, 0.717) is 5.75 Å². The molecule has 0 spiro atoms. The van der Waals surface area contributed by atoms with E-state index in [0.717, 1.165) is 6.07 Å². The second kappa shape index (κ2) is 8.49. The van der Waals surface area contributed by atoms with Crippen molar-refractivity contribution in [1.82, 2.24) is 9.21 Å². The van der Waals surface area contributed by atoms with Gasteiger partial charge in [0.15, 0.2) is 0 Å². The Balaban J connectivity index is 1.51. The Morgan fingerprint density at radius 2 is 1.59 bits per heavy atom. The van der Waals surface area contributed by atoms with E-state index in [1.807, 2.05) is 30.3 Å². The molecule has 0 aliphatic carbocycles. The molecule has 0 N–H and O–H groups in total. The van der Waals surface area contributed by atoms with Crippen LogP contribution < -0.4 is 4.74 Å². The van der Waals surface area contributed by atoms with Crippen LogP contribution >= 0.6 is 0 Å². The van der Waals surface area contributed by atoms with Crippen LogP contribution in [0.15, 0.2) is 59.5 Å². The molecule has 1 aliphatic rings. The molecule has 0 radical (unpaired) electrons. The number of ether oxygens (including phenoxy) is 1. The molecule has 0 atom stereocenters. The Kier molecular flexibility index (Phi) is 6.08. The molecule has 1 heterocycles. The van der Waals surface area contributed by atoms with Crippen molar-refractivity contribution in [2.75, 3.05) is 32.8 Å². The van der Waals surface area contributed by atoms with Gasteiger partial charge >= 0.3 is 0 Å². The fourth-order valence-corrected chi connectivity index (χ4v) is 4.39. The van der Waals surface area contributed by atoms with Crippen LogP contribution in [-0.4, -0.2) is 56.3 Å². The molecular weight excluding hydrogens is 371 g/mol. The monoisotopic (exact) mass is 392 g/mol. The normalized spacial score (nSPS) is 15.5. The van der Waals surface area contributed by atoms with Crippen molar-refractivity contribution in [3.8, 4) is 5.75 Å². The van der Waals surface area contributed by atoms with Crippen molar-refractivity contribution in [1.29, 1.82) is 0 Å². The zero-order valence-electron chi connectivity index (χ0n) is 14.8. The van der Waals surface area contributed by atoms with E-state index < -0.39 is 15.8 Å². The smallest absolute Gasteiger partial charge is 0.246 e. The van der Waals surface area contributed by atoms with Gasteiger partial charge in [-0.25, -0.2) is 12.8 Å². The number of piperazine rings is 1. The number of hydrogen-bond acceptors (Lipinski definition) is 4. The highest BCUT2D eigenvalue weighted by Crippen LogP contribution is 2.20. The average Bonchev–Trinajstić information content (AvgIpc) is 2.69. The second-order valence-electron chi connectivity index (χ2n) is 6.13. The Hall–Kier alpha value is -2.45. The highest BCUT2D eigenvalue weighted by Gasteiger charge is 2.31. The summed E-state index contributed by atoms with van der Waals surface area (Å²) in [4.78, 5) is 13.6. The summed E-state index contributed by atoms with van der Waals surface area (Å²) in [5.41, 5.74) is 0. The Morgan fingerprint density at radius 1 is 0.963 bits per heavy atom. The topological polar surface area (TPSA) is 66.9 Å². The van der Waals surface area contributed by atoms with E-state index >= 15 is 0 Å². The van der Waals surface area contributed by atoms with Gasteiger partial charge in [0.25, 0.3) is 0 Å². The Labute approximate surface area is 158 Å². The molecule has 6 nitrogen and oxygen atoms in total. The average molecular weight is 392 g/mol. The number of para-hydroxylation sites is 1. The number of halogens is 1. The number of benzene rings is 2. The van der Waals surface area contributed by atoms with Gasteiger partial charge in [0, 0.05) is 26.2 Å². The summed E-state index contributed by atoms with van der Waals surface area (Å²) in [7, 11) is -3.90. The summed E-state index contributed by atoms with van der Waals surface area (Å²) in [6.45, 7) is 1.09. The summed E-state index contributed by atoms with van der Waals surface area (Å²) in [5, 5.41) is 0. The van der Waals surface area contributed by atoms with E-state index in [1.165, 1.54) is 22.5 Å². The molecule has 1 aliphatic heterocycles. The third-order valence-electron chi connectivity index (χ3n) is 4.37. The first-order chi connectivity index (χ1) is 13.0. The van der Waals surface area contributed by atoms with Crippen molar-refractivity contribution in [3.05, 3.63) is 60.4 Å². The number of rotatable bonds is 6. The fourth-order valence-electron chi connectivity index (χ4n) is 2.90. The van der Waals surface area contributed by atoms with E-state index in [9.17, 15) is 17.6 Å². The van der Waals surface area contributed by atoms with E-state index in [2.05, 4.69) is 0 Å². The van der Waals surface area contributed by atoms with Crippen LogP contribution in [0.1, 0.15) is 6.42 Å². The Morgan fingerprint density at radius 3 is 2.26 bits per heavy atom. The van der Waals surface area contributed by atoms with Crippen LogP contribution in [0.4, 0.5) is 4.39 Å².